The number of hydrogen-bond donors (Lipinski definition) is 1. The van der Waals surface area contributed by atoms with Crippen LogP contribution in [0.4, 0.5) is 0 Å². The predicted molar refractivity (Wildman–Crippen MR) is 89.0 cm³/mol. The second-order valence-corrected chi connectivity index (χ2v) is 5.20. The quantitative estimate of drug-likeness (QED) is 0.686. The van der Waals surface area contributed by atoms with E-state index in [1.54, 1.807) is 6.92 Å². The van der Waals surface area contributed by atoms with Crippen LogP contribution in [0.1, 0.15) is 51.3 Å². The highest BCUT2D eigenvalue weighted by Gasteiger charge is 2.23. The third-order valence-electron chi connectivity index (χ3n) is 3.83. The van der Waals surface area contributed by atoms with E-state index in [1.807, 2.05) is 18.7 Å². The minimum Gasteiger partial charge on any atom is -0.394 e. The van der Waals surface area contributed by atoms with Crippen LogP contribution in [0.3, 0.4) is 0 Å². The van der Waals surface area contributed by atoms with Gasteiger partial charge in [0, 0.05) is 25.7 Å². The molecule has 4 nitrogen and oxygen atoms in total. The van der Waals surface area contributed by atoms with Crippen molar-refractivity contribution < 1.29 is 9.59 Å². The largest absolute Gasteiger partial charge is 0.394 e. The van der Waals surface area contributed by atoms with E-state index in [4.69, 9.17) is 5.73 Å². The summed E-state index contributed by atoms with van der Waals surface area (Å²) in [5.74, 6) is -1.13. The molecular weight excluding hydrogens is 276 g/mol. The average molecular weight is 302 g/mol. The van der Waals surface area contributed by atoms with Gasteiger partial charge in [0.2, 0.25) is 11.6 Å². The number of hydrogen-bond acceptors (Lipinski definition) is 4. The molecule has 0 aromatic heterocycles. The van der Waals surface area contributed by atoms with Crippen molar-refractivity contribution in [2.24, 2.45) is 5.73 Å². The zero-order valence-corrected chi connectivity index (χ0v) is 14.2. The molecule has 0 radical (unpaired) electrons. The lowest BCUT2D eigenvalue weighted by Crippen LogP contribution is -2.26. The van der Waals surface area contributed by atoms with Crippen molar-refractivity contribution in [1.82, 2.24) is 4.90 Å². The number of nitrogens with two attached hydrogens (primary N) is 1. The van der Waals surface area contributed by atoms with E-state index in [2.05, 4.69) is 25.1 Å². The molecule has 0 saturated heterocycles. The Kier molecular flexibility index (Phi) is 6.35. The van der Waals surface area contributed by atoms with Gasteiger partial charge in [0.15, 0.2) is 0 Å². The molecule has 1 aliphatic rings. The van der Waals surface area contributed by atoms with Crippen molar-refractivity contribution >= 4 is 11.6 Å². The number of nitrogens with zero attached hydrogens (tertiary/aromatic N) is 1. The van der Waals surface area contributed by atoms with E-state index in [-0.39, 0.29) is 5.70 Å². The Hall–Kier alpha value is -2.10. The molecule has 4 heteroatoms. The van der Waals surface area contributed by atoms with Crippen LogP contribution in [0.25, 0.3) is 0 Å². The number of carbonyl (C=O) groups is 2. The van der Waals surface area contributed by atoms with E-state index in [9.17, 15) is 9.59 Å². The lowest BCUT2D eigenvalue weighted by atomic mass is 10.1. The van der Waals surface area contributed by atoms with Crippen LogP contribution >= 0.6 is 0 Å². The van der Waals surface area contributed by atoms with E-state index >= 15 is 0 Å². The number of aryl methyl sites for hydroxylation is 1. The summed E-state index contributed by atoms with van der Waals surface area (Å²) in [4.78, 5) is 24.8. The zero-order chi connectivity index (χ0) is 16.9. The maximum atomic E-state index is 11.7. The molecule has 1 aromatic carbocycles. The molecule has 0 aliphatic carbocycles. The number of Topliss-reactive ketones (excluding diaryl/α,β-unsaturated/α-hetero) is 2. The highest BCUT2D eigenvalue weighted by Crippen LogP contribution is 2.27. The summed E-state index contributed by atoms with van der Waals surface area (Å²) >= 11 is 0. The number of carbonyl (C=O) groups excluding carboxylic acids is 2. The third-order valence-corrected chi connectivity index (χ3v) is 3.83. The number of ketones is 2. The smallest absolute Gasteiger partial charge is 0.245 e. The Morgan fingerprint density at radius 1 is 1.14 bits per heavy atom. The van der Waals surface area contributed by atoms with Crippen LogP contribution in [0.15, 0.2) is 29.6 Å². The molecular formula is C18H26N2O2. The SMILES string of the molecule is CC.CCc1ccc2c(c1)CN(/C(C)=C(\N)C(=O)C(C)=O)C2. The standard InChI is InChI=1S/C16H20N2O2.C2H6/c1-4-12-5-6-13-8-18(9-14(13)7-12)10(2)15(17)16(20)11(3)19;1-2/h5-7H,4,8-9,17H2,1-3H3;1-2H3/b15-10-;. The van der Waals surface area contributed by atoms with Crippen molar-refractivity contribution in [1.29, 1.82) is 0 Å². The second-order valence-electron chi connectivity index (χ2n) is 5.20. The predicted octanol–water partition coefficient (Wildman–Crippen LogP) is 2.94. The fourth-order valence-corrected chi connectivity index (χ4v) is 2.43. The van der Waals surface area contributed by atoms with Gasteiger partial charge < -0.3 is 10.6 Å². The molecule has 0 spiro atoms. The number of allylic oxidation sites excluding steroid dienone is 2. The van der Waals surface area contributed by atoms with E-state index in [1.165, 1.54) is 23.6 Å². The van der Waals surface area contributed by atoms with E-state index in [0.717, 1.165) is 19.5 Å². The van der Waals surface area contributed by atoms with Crippen molar-refractivity contribution in [2.45, 2.75) is 54.1 Å². The van der Waals surface area contributed by atoms with Gasteiger partial charge in [-0.05, 0) is 30.0 Å². The first kappa shape index (κ1) is 18.0. The monoisotopic (exact) mass is 302 g/mol. The van der Waals surface area contributed by atoms with Gasteiger partial charge >= 0.3 is 0 Å². The Bertz CT molecular complexity index is 603. The van der Waals surface area contributed by atoms with Crippen LogP contribution in [-0.4, -0.2) is 16.5 Å². The molecule has 0 atom stereocenters. The molecule has 120 valence electrons. The third kappa shape index (κ3) is 3.75. The van der Waals surface area contributed by atoms with Gasteiger partial charge in [-0.15, -0.1) is 0 Å². The summed E-state index contributed by atoms with van der Waals surface area (Å²) in [6.45, 7) is 10.6. The molecule has 1 aromatic rings. The zero-order valence-electron chi connectivity index (χ0n) is 14.2. The summed E-state index contributed by atoms with van der Waals surface area (Å²) in [5.41, 5.74) is 10.4. The number of benzene rings is 1. The van der Waals surface area contributed by atoms with Crippen molar-refractivity contribution in [3.63, 3.8) is 0 Å². The normalized spacial score (nSPS) is 13.8. The van der Waals surface area contributed by atoms with Gasteiger partial charge in [0.05, 0.1) is 0 Å². The fraction of sp³-hybridized carbons (Fsp3) is 0.444. The highest BCUT2D eigenvalue weighted by atomic mass is 16.2. The molecule has 0 unspecified atom stereocenters. The van der Waals surface area contributed by atoms with Crippen LogP contribution in [-0.2, 0) is 29.1 Å². The topological polar surface area (TPSA) is 63.4 Å². The summed E-state index contributed by atoms with van der Waals surface area (Å²) in [6.07, 6.45) is 1.01. The maximum Gasteiger partial charge on any atom is 0.245 e. The minimum atomic E-state index is -0.604. The van der Waals surface area contributed by atoms with Gasteiger partial charge in [-0.25, -0.2) is 0 Å². The first-order valence-corrected chi connectivity index (χ1v) is 7.81. The van der Waals surface area contributed by atoms with Gasteiger partial charge in [0.1, 0.15) is 5.70 Å². The van der Waals surface area contributed by atoms with Crippen LogP contribution in [0.2, 0.25) is 0 Å². The highest BCUT2D eigenvalue weighted by molar-refractivity contribution is 6.42. The maximum absolute atomic E-state index is 11.7. The Morgan fingerprint density at radius 3 is 2.27 bits per heavy atom. The number of rotatable bonds is 4. The first-order valence-electron chi connectivity index (χ1n) is 7.81. The van der Waals surface area contributed by atoms with Crippen molar-refractivity contribution in [3.8, 4) is 0 Å². The van der Waals surface area contributed by atoms with Crippen molar-refractivity contribution in [3.05, 3.63) is 46.3 Å². The average Bonchev–Trinajstić information content (AvgIpc) is 2.97. The lowest BCUT2D eigenvalue weighted by molar-refractivity contribution is -0.133. The summed E-state index contributed by atoms with van der Waals surface area (Å²) in [5, 5.41) is 0. The molecule has 0 bridgehead atoms. The molecule has 22 heavy (non-hydrogen) atoms. The Morgan fingerprint density at radius 2 is 1.73 bits per heavy atom. The first-order chi connectivity index (χ1) is 10.4. The molecule has 1 heterocycles. The molecule has 0 amide bonds. The van der Waals surface area contributed by atoms with Gasteiger partial charge in [0.25, 0.3) is 0 Å². The molecule has 2 N–H and O–H groups in total. The lowest BCUT2D eigenvalue weighted by Gasteiger charge is -2.19. The Labute approximate surface area is 133 Å². The molecule has 1 aliphatic heterocycles. The van der Waals surface area contributed by atoms with E-state index < -0.39 is 11.6 Å². The summed E-state index contributed by atoms with van der Waals surface area (Å²) in [6, 6.07) is 6.46. The molecule has 2 rings (SSSR count). The molecule has 0 saturated carbocycles. The van der Waals surface area contributed by atoms with Crippen LogP contribution in [0.5, 0.6) is 0 Å². The second kappa shape index (κ2) is 7.78. The molecule has 0 fully saturated rings. The van der Waals surface area contributed by atoms with Crippen LogP contribution in [0, 0.1) is 0 Å². The minimum absolute atomic E-state index is 0.0565. The fourth-order valence-electron chi connectivity index (χ4n) is 2.43. The summed E-state index contributed by atoms with van der Waals surface area (Å²) in [7, 11) is 0. The summed E-state index contributed by atoms with van der Waals surface area (Å²) < 4.78 is 0. The van der Waals surface area contributed by atoms with Crippen LogP contribution < -0.4 is 5.73 Å². The number of fused-ring (bicyclic) bond motifs is 1. The Balaban J connectivity index is 0.00000116. The van der Waals surface area contributed by atoms with E-state index in [0.29, 0.717) is 5.70 Å². The van der Waals surface area contributed by atoms with Gasteiger partial charge in [-0.3, -0.25) is 9.59 Å². The van der Waals surface area contributed by atoms with Gasteiger partial charge in [-0.2, -0.15) is 0 Å². The van der Waals surface area contributed by atoms with Crippen molar-refractivity contribution in [2.75, 3.05) is 0 Å². The van der Waals surface area contributed by atoms with Gasteiger partial charge in [-0.1, -0.05) is 39.0 Å².